The van der Waals surface area contributed by atoms with E-state index in [0.717, 1.165) is 12.1 Å². The normalized spacial score (nSPS) is 11.2. The van der Waals surface area contributed by atoms with Gasteiger partial charge in [-0.25, -0.2) is 19.4 Å². The third-order valence-corrected chi connectivity index (χ3v) is 3.43. The quantitative estimate of drug-likeness (QED) is 0.375. The highest BCUT2D eigenvalue weighted by atomic mass is 32.2. The summed E-state index contributed by atoms with van der Waals surface area (Å²) in [4.78, 5) is 63.7. The number of Topliss-reactive ketones (excluding diaryl/α,β-unsaturated/α-hetero) is 2. The van der Waals surface area contributed by atoms with Crippen LogP contribution in [0.4, 0.5) is 0 Å². The van der Waals surface area contributed by atoms with Gasteiger partial charge in [0.1, 0.15) is 17.1 Å². The molecule has 3 rings (SSSR count). The van der Waals surface area contributed by atoms with E-state index in [1.807, 2.05) is 0 Å². The van der Waals surface area contributed by atoms with E-state index >= 15 is 0 Å². The van der Waals surface area contributed by atoms with Crippen molar-refractivity contribution in [3.05, 3.63) is 40.3 Å². The lowest BCUT2D eigenvalue weighted by atomic mass is 9.88. The smallest absolute Gasteiger partial charge is 0.354 e. The molecule has 2 aromatic rings. The highest BCUT2D eigenvalue weighted by molar-refractivity contribution is 7.83. The number of nitrogens with zero attached hydrogens (tertiary/aromatic N) is 1. The van der Waals surface area contributed by atoms with E-state index in [2.05, 4.69) is 9.97 Å². The molecule has 0 fully saturated rings. The Kier molecular flexibility index (Phi) is 12.9. The van der Waals surface area contributed by atoms with Gasteiger partial charge >= 0.3 is 17.9 Å². The predicted octanol–water partition coefficient (Wildman–Crippen LogP) is 0.534. The number of fused-ring (bicyclic) bond motifs is 3. The molecule has 2 aromatic heterocycles. The average Bonchev–Trinajstić information content (AvgIpc) is 3.15. The number of H-pyrrole nitrogens is 1. The van der Waals surface area contributed by atoms with Crippen LogP contribution in [-0.2, 0) is 32.4 Å². The summed E-state index contributed by atoms with van der Waals surface area (Å²) in [6, 6.07) is 1.65. The molecule has 0 atom stereocenters. The molecule has 0 aromatic carbocycles. The first-order valence-electron chi connectivity index (χ1n) is 9.24. The molecular weight excluding hydrogens is 540 g/mol. The Morgan fingerprint density at radius 2 is 1.19 bits per heavy atom. The Labute approximate surface area is 212 Å². The topological polar surface area (TPSA) is 226 Å². The number of hydrogen-bond donors (Lipinski definition) is 4. The van der Waals surface area contributed by atoms with E-state index in [4.69, 9.17) is 10.2 Å². The van der Waals surface area contributed by atoms with E-state index in [-0.39, 0.29) is 16.8 Å². The number of carboxylic acid groups (broad SMARTS) is 3. The van der Waals surface area contributed by atoms with E-state index in [1.54, 1.807) is 37.5 Å². The summed E-state index contributed by atoms with van der Waals surface area (Å²) < 4.78 is 28.7. The van der Waals surface area contributed by atoms with Crippen molar-refractivity contribution in [1.82, 2.24) is 9.97 Å². The fourth-order valence-electron chi connectivity index (χ4n) is 2.42. The molecule has 4 N–H and O–H groups in total. The van der Waals surface area contributed by atoms with Crippen molar-refractivity contribution < 1.29 is 51.9 Å². The number of carbonyl (C=O) groups excluding carboxylic acids is 2. The maximum absolute atomic E-state index is 12.1. The molecule has 36 heavy (non-hydrogen) atoms. The molecule has 0 bridgehead atoms. The van der Waals surface area contributed by atoms with Crippen LogP contribution in [0, 0.1) is 0 Å². The van der Waals surface area contributed by atoms with Gasteiger partial charge in [0.15, 0.2) is 0 Å². The second-order valence-corrected chi connectivity index (χ2v) is 11.5. The molecule has 13 nitrogen and oxygen atoms in total. The fraction of sp³-hybridized carbons (Fsp3) is 0.300. The maximum Gasteiger partial charge on any atom is 0.354 e. The summed E-state index contributed by atoms with van der Waals surface area (Å²) in [7, 11) is -1.83. The number of ketones is 2. The summed E-state index contributed by atoms with van der Waals surface area (Å²) in [6.45, 7) is 0. The first-order chi connectivity index (χ1) is 16.4. The molecule has 0 aliphatic heterocycles. The number of aromatic carboxylic acids is 3. The van der Waals surface area contributed by atoms with Crippen LogP contribution < -0.4 is 0 Å². The number of rotatable bonds is 3. The number of carboxylic acids is 3. The zero-order chi connectivity index (χ0) is 28.5. The third-order valence-electron chi connectivity index (χ3n) is 3.43. The maximum atomic E-state index is 12.1. The minimum Gasteiger partial charge on any atom is -0.478 e. The molecule has 0 amide bonds. The summed E-state index contributed by atoms with van der Waals surface area (Å²) in [5.41, 5.74) is -3.21. The summed E-state index contributed by atoms with van der Waals surface area (Å²) in [5, 5.41) is 27.3. The van der Waals surface area contributed by atoms with Crippen molar-refractivity contribution in [3.8, 4) is 11.3 Å². The van der Waals surface area contributed by atoms with E-state index in [1.165, 1.54) is 0 Å². The van der Waals surface area contributed by atoms with Gasteiger partial charge in [-0.3, -0.25) is 22.2 Å². The van der Waals surface area contributed by atoms with Crippen LogP contribution in [0.3, 0.4) is 0 Å². The van der Waals surface area contributed by atoms with E-state index in [9.17, 15) is 41.7 Å². The van der Waals surface area contributed by atoms with E-state index < -0.39 is 84.5 Å². The second kappa shape index (κ2) is 14.3. The average molecular weight is 565 g/mol. The Hall–Kier alpha value is -3.37. The molecule has 0 unspecified atom stereocenters. The lowest BCUT2D eigenvalue weighted by Gasteiger charge is -2.16. The van der Waals surface area contributed by atoms with Crippen molar-refractivity contribution in [2.24, 2.45) is 0 Å². The van der Waals surface area contributed by atoms with Gasteiger partial charge < -0.3 is 20.3 Å². The van der Waals surface area contributed by atoms with Gasteiger partial charge in [0.2, 0.25) is 5.78 Å². The Bertz CT molecular complexity index is 1240. The van der Waals surface area contributed by atoms with Crippen LogP contribution in [0.1, 0.15) is 52.2 Å². The molecule has 16 heteroatoms. The van der Waals surface area contributed by atoms with Crippen molar-refractivity contribution >= 4 is 61.9 Å². The molecule has 0 saturated carbocycles. The standard InChI is InChI=1S/C14H6N2O8.3C2H6OS/c17-10-4-2-6(14(23)24)15-8(4)7-3(12(19)20)1-5(13(21)22)16-9(7)11(10)18;3*1-4(2)3/h1-2,15H,(H,19,20)(H,21,22)(H,23,24);3*1-2H3. The fourth-order valence-corrected chi connectivity index (χ4v) is 2.42. The lowest BCUT2D eigenvalue weighted by molar-refractivity contribution is 0.0677. The lowest BCUT2D eigenvalue weighted by Crippen LogP contribution is -2.25. The van der Waals surface area contributed by atoms with Gasteiger partial charge in [0, 0.05) is 75.5 Å². The van der Waals surface area contributed by atoms with Crippen molar-refractivity contribution in [1.29, 1.82) is 0 Å². The van der Waals surface area contributed by atoms with Crippen LogP contribution in [0.25, 0.3) is 11.3 Å². The minimum absolute atomic E-state index is 0.200. The van der Waals surface area contributed by atoms with Crippen LogP contribution in [0.5, 0.6) is 0 Å². The number of pyridine rings is 1. The molecule has 1 aliphatic rings. The highest BCUT2D eigenvalue weighted by Crippen LogP contribution is 2.35. The predicted molar refractivity (Wildman–Crippen MR) is 134 cm³/mol. The summed E-state index contributed by atoms with van der Waals surface area (Å²) in [5.74, 6) is -6.87. The molecule has 0 spiro atoms. The molecule has 0 saturated heterocycles. The van der Waals surface area contributed by atoms with Gasteiger partial charge in [0.25, 0.3) is 5.78 Å². The van der Waals surface area contributed by atoms with Gasteiger partial charge in [-0.2, -0.15) is 0 Å². The zero-order valence-electron chi connectivity index (χ0n) is 19.9. The van der Waals surface area contributed by atoms with Crippen LogP contribution in [0.15, 0.2) is 12.1 Å². The molecule has 198 valence electrons. The van der Waals surface area contributed by atoms with Crippen LogP contribution in [-0.4, -0.2) is 105 Å². The van der Waals surface area contributed by atoms with Crippen LogP contribution >= 0.6 is 0 Å². The summed E-state index contributed by atoms with van der Waals surface area (Å²) >= 11 is 0. The van der Waals surface area contributed by atoms with Gasteiger partial charge in [-0.15, -0.1) is 0 Å². The summed E-state index contributed by atoms with van der Waals surface area (Å²) in [6.07, 6.45) is 9.83. The zero-order valence-corrected chi connectivity index (χ0v) is 22.4. The molecule has 1 aliphatic carbocycles. The second-order valence-electron chi connectivity index (χ2n) is 7.05. The van der Waals surface area contributed by atoms with Gasteiger partial charge in [-0.1, -0.05) is 0 Å². The SMILES string of the molecule is CS(C)=O.CS(C)=O.CS(C)=O.O=C(O)c1cc(C(=O)O)c2c(n1)C(=O)C(=O)c1cc(C(=O)O)[nH]c1-2. The number of hydrogen-bond acceptors (Lipinski definition) is 9. The number of carbonyl (C=O) groups is 5. The number of aromatic nitrogens is 2. The molecular formula is C20H24N2O11S3. The van der Waals surface area contributed by atoms with Gasteiger partial charge in [-0.05, 0) is 12.1 Å². The molecule has 2 heterocycles. The minimum atomic E-state index is -1.58. The Morgan fingerprint density at radius 1 is 0.750 bits per heavy atom. The van der Waals surface area contributed by atoms with Crippen molar-refractivity contribution in [2.75, 3.05) is 37.5 Å². The number of aromatic amines is 1. The largest absolute Gasteiger partial charge is 0.478 e. The Balaban J connectivity index is 0.000000857. The monoisotopic (exact) mass is 564 g/mol. The number of nitrogens with one attached hydrogen (secondary N) is 1. The van der Waals surface area contributed by atoms with Crippen molar-refractivity contribution in [3.63, 3.8) is 0 Å². The van der Waals surface area contributed by atoms with E-state index in [0.29, 0.717) is 0 Å². The Morgan fingerprint density at radius 3 is 1.56 bits per heavy atom. The van der Waals surface area contributed by atoms with Crippen molar-refractivity contribution in [2.45, 2.75) is 0 Å². The van der Waals surface area contributed by atoms with Crippen LogP contribution in [0.2, 0.25) is 0 Å². The highest BCUT2D eigenvalue weighted by Gasteiger charge is 2.38. The third kappa shape index (κ3) is 9.71. The first kappa shape index (κ1) is 32.6. The van der Waals surface area contributed by atoms with Gasteiger partial charge in [0.05, 0.1) is 16.8 Å². The first-order valence-corrected chi connectivity index (χ1v) is 15.1. The molecule has 0 radical (unpaired) electrons.